The number of rotatable bonds is 28. The minimum Gasteiger partial charge on any atom is -0.457 e. The predicted octanol–water partition coefficient (Wildman–Crippen LogP) is 10.2. The molecule has 3 N–H and O–H groups in total. The van der Waals surface area contributed by atoms with Crippen LogP contribution < -0.4 is 42.5 Å². The Labute approximate surface area is 606 Å². The molecule has 8 aromatic rings. The van der Waals surface area contributed by atoms with Gasteiger partial charge in [0.25, 0.3) is 0 Å². The van der Waals surface area contributed by atoms with Crippen molar-refractivity contribution >= 4 is 112 Å². The molecule has 2 aliphatic heterocycles. The monoisotopic (exact) mass is 1440 g/mol. The van der Waals surface area contributed by atoms with Crippen LogP contribution in [-0.4, -0.2) is 133 Å². The molecule has 0 saturated carbocycles. The van der Waals surface area contributed by atoms with Crippen molar-refractivity contribution in [3.63, 3.8) is 0 Å². The molecule has 0 unspecified atom stereocenters. The summed E-state index contributed by atoms with van der Waals surface area (Å²) in [4.78, 5) is 115. The van der Waals surface area contributed by atoms with E-state index in [9.17, 15) is 38.7 Å². The highest BCUT2D eigenvalue weighted by molar-refractivity contribution is 7.97. The number of amides is 4. The van der Waals surface area contributed by atoms with Crippen LogP contribution in [0.3, 0.4) is 0 Å². The number of carbonyl (C=O) groups excluding carboxylic acids is 8. The van der Waals surface area contributed by atoms with Gasteiger partial charge in [-0.05, 0) is 87.1 Å². The number of β-lactam (4-membered cyclic amide) rings is 2. The minimum atomic E-state index is -3.20. The first kappa shape index (κ1) is 77.3. The zero-order valence-corrected chi connectivity index (χ0v) is 62.7. The molecule has 16 nitrogen and oxygen atoms in total. The Hall–Kier alpha value is -9.86. The normalized spacial score (nSPS) is 16.4. The molecule has 6 atom stereocenters. The number of Topliss-reactive ketones (excluding diaryl/α,β-unsaturated/α-hetero) is 2. The van der Waals surface area contributed by atoms with Gasteiger partial charge in [0.1, 0.15) is 24.0 Å². The number of likely N-dealkylation sites (tertiary alicyclic amines) is 2. The van der Waals surface area contributed by atoms with E-state index in [0.29, 0.717) is 22.3 Å². The molecule has 4 amide bonds. The third-order valence-corrected chi connectivity index (χ3v) is 32.5. The van der Waals surface area contributed by atoms with E-state index >= 15 is 4.79 Å². The lowest BCUT2D eigenvalue weighted by molar-refractivity contribution is -0.157. The number of hydrogen-bond acceptors (Lipinski definition) is 12. The van der Waals surface area contributed by atoms with Gasteiger partial charge in [-0.3, -0.25) is 28.8 Å². The zero-order valence-electron chi connectivity index (χ0n) is 59.9. The van der Waals surface area contributed by atoms with Gasteiger partial charge < -0.3 is 39.4 Å². The molecule has 2 saturated heterocycles. The highest BCUT2D eigenvalue weighted by Crippen LogP contribution is 2.53. The topological polar surface area (TPSA) is 215 Å². The SMILES string of the molecule is C=CCOC(=O)C(N1C(=O)[C@H]([C@@H](C)O)[C@H]1CC(=O)c1cccc(CC(=O)NC)c1)=P(c1ccccc1)(c1ccccc1)c1ccccc1.C=CCOC(=O)C(N1C(=O)[C@H]([C@@H](C)O[Si](C)(C)C(C)(C)C)[C@H]1CC(=O)c1cccc(CC(=O)NC)c1)=P(c1ccccc1)(c1ccccc1)c1ccccc1. The molecule has 534 valence electrons. The Balaban J connectivity index is 0.000000241. The second-order valence-corrected chi connectivity index (χ2v) is 38.4. The fourth-order valence-corrected chi connectivity index (χ4v) is 23.7. The van der Waals surface area contributed by atoms with E-state index in [1.54, 1.807) is 61.5 Å². The number of hydrogen-bond donors (Lipinski definition) is 3. The van der Waals surface area contributed by atoms with E-state index in [1.807, 2.05) is 195 Å². The molecule has 10 rings (SSSR count). The Bertz CT molecular complexity index is 4300. The molecule has 0 aromatic heterocycles. The van der Waals surface area contributed by atoms with Gasteiger partial charge in [-0.1, -0.05) is 264 Å². The maximum Gasteiger partial charge on any atom is 0.356 e. The summed E-state index contributed by atoms with van der Waals surface area (Å²) in [6, 6.07) is 70.3. The molecule has 8 aromatic carbocycles. The van der Waals surface area contributed by atoms with Crippen molar-refractivity contribution in [3.8, 4) is 0 Å². The van der Waals surface area contributed by atoms with Gasteiger partial charge in [0.2, 0.25) is 23.6 Å². The molecule has 19 heteroatoms. The van der Waals surface area contributed by atoms with E-state index < -0.39 is 76.1 Å². The van der Waals surface area contributed by atoms with Crippen LogP contribution in [0, 0.1) is 11.8 Å². The van der Waals surface area contributed by atoms with E-state index in [0.717, 1.165) is 31.8 Å². The van der Waals surface area contributed by atoms with Gasteiger partial charge in [0.15, 0.2) is 19.9 Å². The van der Waals surface area contributed by atoms with Crippen molar-refractivity contribution < 1.29 is 57.4 Å². The highest BCUT2D eigenvalue weighted by Gasteiger charge is 2.58. The number of nitrogens with one attached hydrogen (secondary N) is 2. The number of ether oxygens (including phenoxy) is 2. The van der Waals surface area contributed by atoms with Crippen LogP contribution in [0.4, 0.5) is 0 Å². The van der Waals surface area contributed by atoms with Gasteiger partial charge >= 0.3 is 11.9 Å². The van der Waals surface area contributed by atoms with E-state index in [4.69, 9.17) is 13.9 Å². The number of carbonyl (C=O) groups is 8. The summed E-state index contributed by atoms with van der Waals surface area (Å²) in [5, 5.41) is 21.0. The number of aliphatic hydroxyl groups excluding tert-OH is 1. The lowest BCUT2D eigenvalue weighted by atomic mass is 9.79. The van der Waals surface area contributed by atoms with E-state index in [-0.39, 0.29) is 84.1 Å². The van der Waals surface area contributed by atoms with Crippen molar-refractivity contribution in [2.45, 2.75) is 103 Å². The summed E-state index contributed by atoms with van der Waals surface area (Å²) in [6.07, 6.45) is 1.31. The number of ketones is 2. The number of likely N-dealkylation sites (N-methyl/N-ethyl adjacent to an activating group) is 2. The standard InChI is InChI=1S/C45H53N2O6PSi.C39H39N2O6P/c1-9-28-52-44(51)43(54(35-22-13-10-14-23-35,36-24-15-11-16-25-36)37-26-17-12-18-27-37)47-38(41(42(47)50)32(2)53-55(7,8)45(3,4)5)31-39(48)34-21-19-20-33(29-34)30-40(49)46-6;1-4-23-47-39(46)38(48(30-17-8-5-9-18-30,31-19-10-6-11-20-31)32-21-12-7-13-22-32)41-33(36(27(2)42)37(41)45)26-34(43)29-16-14-15-28(24-29)25-35(44)40-3/h9-27,29,32,38,41H,1,28,30-31H2,2-8H3,(H,46,49);4-22,24,27,33,36,42H,1,23,25-26H2,2-3H3,(H,40,44)/t32-,38-,41-;27-,33-,36-/m11/s1. The number of esters is 2. The largest absolute Gasteiger partial charge is 0.457 e. The summed E-state index contributed by atoms with van der Waals surface area (Å²) in [7, 11) is 0.739. The molecule has 2 aliphatic rings. The molecule has 0 spiro atoms. The maximum absolute atomic E-state index is 15.1. The summed E-state index contributed by atoms with van der Waals surface area (Å²) >= 11 is 0. The third kappa shape index (κ3) is 16.6. The lowest BCUT2D eigenvalue weighted by Crippen LogP contribution is -2.69. The average molecular weight is 1440 g/mol. The first-order valence-electron chi connectivity index (χ1n) is 34.5. The van der Waals surface area contributed by atoms with Crippen molar-refractivity contribution in [2.24, 2.45) is 11.8 Å². The van der Waals surface area contributed by atoms with Crippen molar-refractivity contribution in [1.29, 1.82) is 0 Å². The summed E-state index contributed by atoms with van der Waals surface area (Å²) in [5.74, 6) is -4.64. The van der Waals surface area contributed by atoms with Gasteiger partial charge in [0.05, 0.1) is 49.0 Å². The number of benzene rings is 8. The first-order chi connectivity index (χ1) is 49.4. The molecule has 2 fully saturated rings. The van der Waals surface area contributed by atoms with Crippen LogP contribution in [0.15, 0.2) is 256 Å². The predicted molar refractivity (Wildman–Crippen MR) is 417 cm³/mol. The third-order valence-electron chi connectivity index (χ3n) is 19.4. The van der Waals surface area contributed by atoms with Crippen LogP contribution in [0.1, 0.15) is 79.3 Å². The molecule has 2 heterocycles. The van der Waals surface area contributed by atoms with Crippen LogP contribution in [0.25, 0.3) is 0 Å². The van der Waals surface area contributed by atoms with Gasteiger partial charge in [-0.2, -0.15) is 0 Å². The fraction of sp³-hybridized carbons (Fsp3) is 0.262. The summed E-state index contributed by atoms with van der Waals surface area (Å²) in [6.45, 7) is 15.1. The second-order valence-electron chi connectivity index (χ2n) is 27.1. The summed E-state index contributed by atoms with van der Waals surface area (Å²) < 4.78 is 18.6. The van der Waals surface area contributed by atoms with E-state index in [2.05, 4.69) is 57.7 Å². The van der Waals surface area contributed by atoms with E-state index in [1.165, 1.54) is 24.0 Å². The Morgan fingerprint density at radius 1 is 0.495 bits per heavy atom. The van der Waals surface area contributed by atoms with Crippen molar-refractivity contribution in [3.05, 3.63) is 278 Å². The fourth-order valence-electron chi connectivity index (χ4n) is 13.5. The van der Waals surface area contributed by atoms with Gasteiger partial charge in [-0.15, -0.1) is 0 Å². The van der Waals surface area contributed by atoms with Gasteiger partial charge in [-0.25, -0.2) is 9.59 Å². The average Bonchev–Trinajstić information content (AvgIpc) is 0.710. The Morgan fingerprint density at radius 3 is 1.08 bits per heavy atom. The number of aliphatic hydroxyl groups is 1. The molecule has 0 aliphatic carbocycles. The molecule has 0 bridgehead atoms. The van der Waals surface area contributed by atoms with Crippen LogP contribution in [0.2, 0.25) is 18.1 Å². The smallest absolute Gasteiger partial charge is 0.356 e. The molecule has 103 heavy (non-hydrogen) atoms. The van der Waals surface area contributed by atoms with Crippen LogP contribution in [-0.2, 0) is 55.5 Å². The Morgan fingerprint density at radius 2 is 0.796 bits per heavy atom. The number of nitrogens with zero attached hydrogens (tertiary/aromatic N) is 2. The minimum absolute atomic E-state index is 0.0707. The summed E-state index contributed by atoms with van der Waals surface area (Å²) in [5.41, 5.74) is 2.47. The van der Waals surface area contributed by atoms with Crippen LogP contribution in [0.5, 0.6) is 0 Å². The molecular weight excluding hydrogens is 1350 g/mol. The maximum atomic E-state index is 15.1. The van der Waals surface area contributed by atoms with Gasteiger partial charge in [0, 0.05) is 51.8 Å². The highest BCUT2D eigenvalue weighted by atomic mass is 31.2. The lowest BCUT2D eigenvalue weighted by Gasteiger charge is -2.53. The Kier molecular flexibility index (Phi) is 25.8. The van der Waals surface area contributed by atoms with Crippen molar-refractivity contribution in [2.75, 3.05) is 27.3 Å². The first-order valence-corrected chi connectivity index (χ1v) is 41.0. The molecule has 0 radical (unpaired) electrons. The zero-order chi connectivity index (χ0) is 74.2. The van der Waals surface area contributed by atoms with Crippen molar-refractivity contribution in [1.82, 2.24) is 20.4 Å². The second kappa shape index (κ2) is 34.4. The molecular formula is C84H92N4O12P2Si. The quantitative estimate of drug-likeness (QED) is 0.0104. The van der Waals surface area contributed by atoms with Crippen LogP contribution >= 0.6 is 13.8 Å².